The summed E-state index contributed by atoms with van der Waals surface area (Å²) in [7, 11) is 0. The lowest BCUT2D eigenvalue weighted by Gasteiger charge is -2.06. The first-order valence-electron chi connectivity index (χ1n) is 3.94. The molecule has 1 N–H and O–H groups in total. The summed E-state index contributed by atoms with van der Waals surface area (Å²) in [6.07, 6.45) is -0.330. The number of ether oxygens (including phenoxy) is 1. The maximum Gasteiger partial charge on any atom is 0.407 e. The second kappa shape index (κ2) is 4.84. The lowest BCUT2D eigenvalue weighted by molar-refractivity contribution is 0.177. The third-order valence-electron chi connectivity index (χ3n) is 1.92. The van der Waals surface area contributed by atoms with E-state index in [0.29, 0.717) is 6.61 Å². The molecule has 0 aromatic heterocycles. The van der Waals surface area contributed by atoms with Gasteiger partial charge in [-0.15, -0.1) is 12.4 Å². The van der Waals surface area contributed by atoms with Crippen LogP contribution in [0.3, 0.4) is 0 Å². The lowest BCUT2D eigenvalue weighted by atomic mass is 10.1. The van der Waals surface area contributed by atoms with Gasteiger partial charge in [0.25, 0.3) is 0 Å². The molecule has 0 unspecified atom stereocenters. The smallest absolute Gasteiger partial charge is 0.407 e. The van der Waals surface area contributed by atoms with Crippen LogP contribution in [-0.2, 0) is 4.74 Å². The Kier molecular flexibility index (Phi) is 4.00. The van der Waals surface area contributed by atoms with Gasteiger partial charge in [-0.2, -0.15) is 0 Å². The average Bonchev–Trinajstić information content (AvgIpc) is 2.52. The van der Waals surface area contributed by atoms with Crippen LogP contribution in [0, 0.1) is 3.57 Å². The number of amides is 1. The molecule has 1 heterocycles. The van der Waals surface area contributed by atoms with Crippen molar-refractivity contribution in [3.05, 3.63) is 33.4 Å². The summed E-state index contributed by atoms with van der Waals surface area (Å²) >= 11 is 2.24. The van der Waals surface area contributed by atoms with Gasteiger partial charge in [0.05, 0.1) is 6.04 Å². The van der Waals surface area contributed by atoms with Gasteiger partial charge in [0.2, 0.25) is 0 Å². The highest BCUT2D eigenvalue weighted by molar-refractivity contribution is 14.1. The number of nitrogens with one attached hydrogen (secondary N) is 1. The van der Waals surface area contributed by atoms with Gasteiger partial charge in [-0.3, -0.25) is 0 Å². The van der Waals surface area contributed by atoms with E-state index in [0.717, 1.165) is 9.13 Å². The van der Waals surface area contributed by atoms with Gasteiger partial charge in [-0.1, -0.05) is 12.1 Å². The van der Waals surface area contributed by atoms with Crippen molar-refractivity contribution in [1.29, 1.82) is 0 Å². The summed E-state index contributed by atoms with van der Waals surface area (Å²) in [6.45, 7) is 0.429. The molecule has 1 aliphatic heterocycles. The van der Waals surface area contributed by atoms with Crippen LogP contribution >= 0.6 is 35.0 Å². The molecule has 1 aromatic carbocycles. The van der Waals surface area contributed by atoms with Gasteiger partial charge in [-0.05, 0) is 40.3 Å². The summed E-state index contributed by atoms with van der Waals surface area (Å²) in [6, 6.07) is 8.04. The molecule has 1 atom stereocenters. The second-order valence-electron chi connectivity index (χ2n) is 2.85. The molecule has 0 saturated carbocycles. The minimum absolute atomic E-state index is 0. The minimum Gasteiger partial charge on any atom is -0.447 e. The topological polar surface area (TPSA) is 38.3 Å². The van der Waals surface area contributed by atoms with Gasteiger partial charge < -0.3 is 10.1 Å². The standard InChI is InChI=1S/C9H8INO2.ClH/c10-7-3-1-2-6(4-7)8-5-13-9(12)11-8;/h1-4,8H,5H2,(H,11,12);1H/t8-;/m0./s1. The average molecular weight is 326 g/mol. The molecular formula is C9H9ClINO2. The number of carbonyl (C=O) groups excluding carboxylic acids is 1. The molecular weight excluding hydrogens is 316 g/mol. The van der Waals surface area contributed by atoms with Crippen molar-refractivity contribution in [2.75, 3.05) is 6.61 Å². The van der Waals surface area contributed by atoms with E-state index < -0.39 is 0 Å². The van der Waals surface area contributed by atoms with E-state index in [1.54, 1.807) is 0 Å². The molecule has 0 bridgehead atoms. The Morgan fingerprint density at radius 3 is 2.86 bits per heavy atom. The summed E-state index contributed by atoms with van der Waals surface area (Å²) < 4.78 is 5.97. The van der Waals surface area contributed by atoms with Crippen molar-refractivity contribution in [2.45, 2.75) is 6.04 Å². The number of carbonyl (C=O) groups is 1. The molecule has 0 radical (unpaired) electrons. The lowest BCUT2D eigenvalue weighted by Crippen LogP contribution is -2.18. The highest BCUT2D eigenvalue weighted by atomic mass is 127. The zero-order chi connectivity index (χ0) is 9.26. The Morgan fingerprint density at radius 1 is 1.50 bits per heavy atom. The van der Waals surface area contributed by atoms with E-state index in [2.05, 4.69) is 27.9 Å². The van der Waals surface area contributed by atoms with E-state index in [1.807, 2.05) is 24.3 Å². The zero-order valence-electron chi connectivity index (χ0n) is 7.20. The monoisotopic (exact) mass is 325 g/mol. The fourth-order valence-electron chi connectivity index (χ4n) is 1.29. The summed E-state index contributed by atoms with van der Waals surface area (Å²) in [4.78, 5) is 10.8. The van der Waals surface area contributed by atoms with Gasteiger partial charge in [0.15, 0.2) is 0 Å². The van der Waals surface area contributed by atoms with Crippen LogP contribution in [0.2, 0.25) is 0 Å². The molecule has 1 fully saturated rings. The van der Waals surface area contributed by atoms with Crippen LogP contribution in [0.4, 0.5) is 4.79 Å². The quantitative estimate of drug-likeness (QED) is 0.806. The Labute approximate surface area is 102 Å². The largest absolute Gasteiger partial charge is 0.447 e. The molecule has 1 aliphatic rings. The first-order chi connectivity index (χ1) is 6.25. The number of hydrogen-bond donors (Lipinski definition) is 1. The number of hydrogen-bond acceptors (Lipinski definition) is 2. The van der Waals surface area contributed by atoms with Crippen LogP contribution in [0.5, 0.6) is 0 Å². The van der Waals surface area contributed by atoms with Crippen LogP contribution in [-0.4, -0.2) is 12.7 Å². The van der Waals surface area contributed by atoms with Gasteiger partial charge >= 0.3 is 6.09 Å². The Bertz CT molecular complexity index is 345. The fraction of sp³-hybridized carbons (Fsp3) is 0.222. The normalized spacial score (nSPS) is 19.5. The Hall–Kier alpha value is -0.490. The molecule has 76 valence electrons. The summed E-state index contributed by atoms with van der Waals surface area (Å²) in [5.74, 6) is 0. The summed E-state index contributed by atoms with van der Waals surface area (Å²) in [5.41, 5.74) is 1.10. The number of benzene rings is 1. The Morgan fingerprint density at radius 2 is 2.29 bits per heavy atom. The van der Waals surface area contributed by atoms with Gasteiger partial charge in [0.1, 0.15) is 6.61 Å². The van der Waals surface area contributed by atoms with Crippen LogP contribution in [0.25, 0.3) is 0 Å². The molecule has 0 aliphatic carbocycles. The van der Waals surface area contributed by atoms with E-state index in [4.69, 9.17) is 4.74 Å². The number of alkyl carbamates (subject to hydrolysis) is 1. The molecule has 0 spiro atoms. The summed E-state index contributed by atoms with van der Waals surface area (Å²) in [5, 5.41) is 2.73. The van der Waals surface area contributed by atoms with E-state index in [-0.39, 0.29) is 24.5 Å². The molecule has 1 amide bonds. The van der Waals surface area contributed by atoms with Crippen LogP contribution in [0.1, 0.15) is 11.6 Å². The first kappa shape index (κ1) is 11.6. The fourth-order valence-corrected chi connectivity index (χ4v) is 1.85. The third kappa shape index (κ3) is 2.51. The maximum atomic E-state index is 10.8. The van der Waals surface area contributed by atoms with Crippen LogP contribution < -0.4 is 5.32 Å². The van der Waals surface area contributed by atoms with Crippen molar-refractivity contribution in [2.24, 2.45) is 0 Å². The molecule has 14 heavy (non-hydrogen) atoms. The van der Waals surface area contributed by atoms with Crippen LogP contribution in [0.15, 0.2) is 24.3 Å². The molecule has 5 heteroatoms. The number of rotatable bonds is 1. The first-order valence-corrected chi connectivity index (χ1v) is 5.02. The minimum atomic E-state index is -0.330. The molecule has 3 nitrogen and oxygen atoms in total. The predicted molar refractivity (Wildman–Crippen MR) is 63.6 cm³/mol. The predicted octanol–water partition coefficient (Wildman–Crippen LogP) is 2.49. The van der Waals surface area contributed by atoms with Gasteiger partial charge in [-0.25, -0.2) is 4.79 Å². The maximum absolute atomic E-state index is 10.8. The van der Waals surface area contributed by atoms with E-state index >= 15 is 0 Å². The highest BCUT2D eigenvalue weighted by Crippen LogP contribution is 2.19. The highest BCUT2D eigenvalue weighted by Gasteiger charge is 2.23. The van der Waals surface area contributed by atoms with Crippen molar-refractivity contribution < 1.29 is 9.53 Å². The molecule has 1 saturated heterocycles. The van der Waals surface area contributed by atoms with Crippen molar-refractivity contribution in [3.8, 4) is 0 Å². The van der Waals surface area contributed by atoms with E-state index in [9.17, 15) is 4.79 Å². The zero-order valence-corrected chi connectivity index (χ0v) is 10.2. The van der Waals surface area contributed by atoms with Crippen molar-refractivity contribution in [1.82, 2.24) is 5.32 Å². The number of cyclic esters (lactones) is 1. The molecule has 2 rings (SSSR count). The van der Waals surface area contributed by atoms with Crippen molar-refractivity contribution >= 4 is 41.1 Å². The second-order valence-corrected chi connectivity index (χ2v) is 4.10. The van der Waals surface area contributed by atoms with E-state index in [1.165, 1.54) is 0 Å². The Balaban J connectivity index is 0.000000980. The third-order valence-corrected chi connectivity index (χ3v) is 2.60. The number of halogens is 2. The SMILES string of the molecule is Cl.O=C1N[C@H](c2cccc(I)c2)CO1. The van der Waals surface area contributed by atoms with Crippen molar-refractivity contribution in [3.63, 3.8) is 0 Å². The molecule has 1 aromatic rings. The van der Waals surface area contributed by atoms with Gasteiger partial charge in [0, 0.05) is 3.57 Å².